The second-order valence-electron chi connectivity index (χ2n) is 5.02. The molecule has 1 N–H and O–H groups in total. The first-order chi connectivity index (χ1) is 8.58. The Morgan fingerprint density at radius 2 is 2.33 bits per heavy atom. The zero-order valence-corrected chi connectivity index (χ0v) is 12.0. The summed E-state index contributed by atoms with van der Waals surface area (Å²) in [5.41, 5.74) is 0.953. The number of aliphatic hydroxyl groups is 1. The Morgan fingerprint density at radius 1 is 1.56 bits per heavy atom. The highest BCUT2D eigenvalue weighted by atomic mass is 79.9. The number of rotatable bonds is 3. The third-order valence-corrected chi connectivity index (χ3v) is 4.24. The highest BCUT2D eigenvalue weighted by Crippen LogP contribution is 2.27. The van der Waals surface area contributed by atoms with Crippen LogP contribution in [0.25, 0.3) is 0 Å². The molecule has 4 heteroatoms. The molecule has 1 aliphatic rings. The fourth-order valence-electron chi connectivity index (χ4n) is 2.53. The quantitative estimate of drug-likeness (QED) is 0.928. The van der Waals surface area contributed by atoms with Crippen LogP contribution in [0.3, 0.4) is 0 Å². The molecule has 0 amide bonds. The minimum atomic E-state index is -0.388. The van der Waals surface area contributed by atoms with Gasteiger partial charge in [0.1, 0.15) is 5.82 Å². The standard InChI is InChI=1S/C14H18BrFO2/c1-9-8-18-5-4-11(9)14(17)7-10-2-3-13(16)12(15)6-10/h2-3,6,9,11,14,17H,4-5,7-8H2,1H3. The second kappa shape index (κ2) is 6.13. The molecule has 100 valence electrons. The summed E-state index contributed by atoms with van der Waals surface area (Å²) in [7, 11) is 0. The van der Waals surface area contributed by atoms with E-state index in [-0.39, 0.29) is 17.8 Å². The molecule has 0 aromatic heterocycles. The van der Waals surface area contributed by atoms with Crippen LogP contribution in [0.4, 0.5) is 4.39 Å². The summed E-state index contributed by atoms with van der Waals surface area (Å²) >= 11 is 3.17. The monoisotopic (exact) mass is 316 g/mol. The van der Waals surface area contributed by atoms with Crippen LogP contribution in [-0.4, -0.2) is 24.4 Å². The maximum absolute atomic E-state index is 13.1. The molecule has 18 heavy (non-hydrogen) atoms. The summed E-state index contributed by atoms with van der Waals surface area (Å²) in [5, 5.41) is 10.3. The minimum Gasteiger partial charge on any atom is -0.392 e. The van der Waals surface area contributed by atoms with Gasteiger partial charge < -0.3 is 9.84 Å². The lowest BCUT2D eigenvalue weighted by Gasteiger charge is -2.32. The van der Waals surface area contributed by atoms with Crippen molar-refractivity contribution in [1.82, 2.24) is 0 Å². The number of aliphatic hydroxyl groups excluding tert-OH is 1. The zero-order chi connectivity index (χ0) is 13.1. The average molecular weight is 317 g/mol. The Kier molecular flexibility index (Phi) is 4.76. The molecule has 1 saturated heterocycles. The van der Waals surface area contributed by atoms with Crippen molar-refractivity contribution in [2.24, 2.45) is 11.8 Å². The summed E-state index contributed by atoms with van der Waals surface area (Å²) in [6.45, 7) is 3.54. The highest BCUT2D eigenvalue weighted by molar-refractivity contribution is 9.10. The van der Waals surface area contributed by atoms with Gasteiger partial charge in [0.05, 0.1) is 10.6 Å². The number of ether oxygens (including phenoxy) is 1. The van der Waals surface area contributed by atoms with Gasteiger partial charge in [-0.1, -0.05) is 13.0 Å². The second-order valence-corrected chi connectivity index (χ2v) is 5.88. The molecule has 0 bridgehead atoms. The van der Waals surface area contributed by atoms with E-state index < -0.39 is 0 Å². The average Bonchev–Trinajstić information content (AvgIpc) is 2.34. The van der Waals surface area contributed by atoms with Crippen molar-refractivity contribution >= 4 is 15.9 Å². The summed E-state index contributed by atoms with van der Waals surface area (Å²) < 4.78 is 19.0. The molecular weight excluding hydrogens is 299 g/mol. The Bertz CT molecular complexity index is 411. The molecule has 0 saturated carbocycles. The molecule has 1 aromatic carbocycles. The topological polar surface area (TPSA) is 29.5 Å². The summed E-state index contributed by atoms with van der Waals surface area (Å²) in [6, 6.07) is 4.90. The smallest absolute Gasteiger partial charge is 0.137 e. The first kappa shape index (κ1) is 14.0. The lowest BCUT2D eigenvalue weighted by Crippen LogP contribution is -2.35. The molecule has 0 spiro atoms. The molecule has 3 unspecified atom stereocenters. The van der Waals surface area contributed by atoms with Crippen molar-refractivity contribution < 1.29 is 14.2 Å². The van der Waals surface area contributed by atoms with Gasteiger partial charge in [-0.2, -0.15) is 0 Å². The molecule has 0 radical (unpaired) electrons. The van der Waals surface area contributed by atoms with Gasteiger partial charge in [-0.25, -0.2) is 4.39 Å². The molecule has 0 aliphatic carbocycles. The van der Waals surface area contributed by atoms with Crippen LogP contribution in [-0.2, 0) is 11.2 Å². The first-order valence-corrected chi connectivity index (χ1v) is 7.07. The molecule has 1 aromatic rings. The Hall–Kier alpha value is -0.450. The summed E-state index contributed by atoms with van der Waals surface area (Å²) in [4.78, 5) is 0. The number of halogens is 2. The van der Waals surface area contributed by atoms with Crippen molar-refractivity contribution in [2.75, 3.05) is 13.2 Å². The molecular formula is C14H18BrFO2. The van der Waals surface area contributed by atoms with E-state index in [1.807, 2.05) is 0 Å². The van der Waals surface area contributed by atoms with Gasteiger partial charge in [0, 0.05) is 13.2 Å². The van der Waals surface area contributed by atoms with Gasteiger partial charge in [-0.3, -0.25) is 0 Å². The molecule has 1 heterocycles. The molecule has 2 nitrogen and oxygen atoms in total. The molecule has 1 aliphatic heterocycles. The normalized spacial score (nSPS) is 26.0. The molecule has 3 atom stereocenters. The Balaban J connectivity index is 2.01. The predicted molar refractivity (Wildman–Crippen MR) is 71.9 cm³/mol. The third-order valence-electron chi connectivity index (χ3n) is 3.63. The van der Waals surface area contributed by atoms with Crippen LogP contribution in [0.1, 0.15) is 18.9 Å². The third kappa shape index (κ3) is 3.31. The largest absolute Gasteiger partial charge is 0.392 e. The molecule has 1 fully saturated rings. The lowest BCUT2D eigenvalue weighted by molar-refractivity contribution is -0.0294. The van der Waals surface area contributed by atoms with Gasteiger partial charge in [0.2, 0.25) is 0 Å². The molecule has 2 rings (SSSR count). The maximum atomic E-state index is 13.1. The minimum absolute atomic E-state index is 0.266. The van der Waals surface area contributed by atoms with E-state index in [1.54, 1.807) is 12.1 Å². The van der Waals surface area contributed by atoms with Gasteiger partial charge in [0.25, 0.3) is 0 Å². The van der Waals surface area contributed by atoms with Gasteiger partial charge >= 0.3 is 0 Å². The van der Waals surface area contributed by atoms with Crippen LogP contribution < -0.4 is 0 Å². The van der Waals surface area contributed by atoms with Crippen molar-refractivity contribution in [3.05, 3.63) is 34.1 Å². The Morgan fingerprint density at radius 3 is 3.00 bits per heavy atom. The van der Waals surface area contributed by atoms with Crippen molar-refractivity contribution in [2.45, 2.75) is 25.9 Å². The number of benzene rings is 1. The Labute approximate surface area is 115 Å². The van der Waals surface area contributed by atoms with E-state index >= 15 is 0 Å². The highest BCUT2D eigenvalue weighted by Gasteiger charge is 2.28. The van der Waals surface area contributed by atoms with Gasteiger partial charge in [-0.15, -0.1) is 0 Å². The SMILES string of the molecule is CC1COCCC1C(O)Cc1ccc(F)c(Br)c1. The van der Waals surface area contributed by atoms with E-state index in [0.29, 0.717) is 16.8 Å². The van der Waals surface area contributed by atoms with Gasteiger partial charge in [0.15, 0.2) is 0 Å². The fraction of sp³-hybridized carbons (Fsp3) is 0.571. The van der Waals surface area contributed by atoms with Gasteiger partial charge in [-0.05, 0) is 58.3 Å². The van der Waals surface area contributed by atoms with E-state index in [9.17, 15) is 9.50 Å². The van der Waals surface area contributed by atoms with Crippen LogP contribution in [0, 0.1) is 17.7 Å². The van der Waals surface area contributed by atoms with Crippen molar-refractivity contribution in [1.29, 1.82) is 0 Å². The first-order valence-electron chi connectivity index (χ1n) is 6.27. The maximum Gasteiger partial charge on any atom is 0.137 e. The van der Waals surface area contributed by atoms with Crippen molar-refractivity contribution in [3.8, 4) is 0 Å². The zero-order valence-electron chi connectivity index (χ0n) is 10.4. The van der Waals surface area contributed by atoms with E-state index in [1.165, 1.54) is 6.07 Å². The van der Waals surface area contributed by atoms with Crippen LogP contribution in [0.2, 0.25) is 0 Å². The number of hydrogen-bond donors (Lipinski definition) is 1. The van der Waals surface area contributed by atoms with Crippen LogP contribution >= 0.6 is 15.9 Å². The van der Waals surface area contributed by atoms with E-state index in [4.69, 9.17) is 4.74 Å². The summed E-state index contributed by atoms with van der Waals surface area (Å²) in [6.07, 6.45) is 1.07. The number of hydrogen-bond acceptors (Lipinski definition) is 2. The summed E-state index contributed by atoms with van der Waals surface area (Å²) in [5.74, 6) is 0.368. The van der Waals surface area contributed by atoms with E-state index in [0.717, 1.165) is 25.2 Å². The van der Waals surface area contributed by atoms with E-state index in [2.05, 4.69) is 22.9 Å². The van der Waals surface area contributed by atoms with Crippen molar-refractivity contribution in [3.63, 3.8) is 0 Å². The van der Waals surface area contributed by atoms with Crippen LogP contribution in [0.15, 0.2) is 22.7 Å². The van der Waals surface area contributed by atoms with Crippen LogP contribution in [0.5, 0.6) is 0 Å². The lowest BCUT2D eigenvalue weighted by atomic mass is 9.83. The predicted octanol–water partition coefficient (Wildman–Crippen LogP) is 3.16. The fourth-order valence-corrected chi connectivity index (χ4v) is 2.95.